The highest BCUT2D eigenvalue weighted by atomic mass is 16.6. The maximum absolute atomic E-state index is 13.4. The lowest BCUT2D eigenvalue weighted by atomic mass is 9.99. The number of esters is 1. The van der Waals surface area contributed by atoms with Gasteiger partial charge < -0.3 is 14.8 Å². The molecule has 0 unspecified atom stereocenters. The number of benzene rings is 3. The second-order valence-corrected chi connectivity index (χ2v) is 8.36. The Balaban J connectivity index is 1.75. The van der Waals surface area contributed by atoms with E-state index in [2.05, 4.69) is 5.32 Å². The van der Waals surface area contributed by atoms with Crippen molar-refractivity contribution in [3.63, 3.8) is 0 Å². The lowest BCUT2D eigenvalue weighted by Crippen LogP contribution is -2.30. The first-order valence-corrected chi connectivity index (χ1v) is 12.2. The van der Waals surface area contributed by atoms with Crippen LogP contribution < -0.4 is 10.1 Å². The van der Waals surface area contributed by atoms with Gasteiger partial charge in [-0.2, -0.15) is 0 Å². The average Bonchev–Trinajstić information content (AvgIpc) is 2.92. The molecule has 0 aliphatic carbocycles. The van der Waals surface area contributed by atoms with E-state index in [1.165, 1.54) is 0 Å². The minimum atomic E-state index is -0.477. The predicted molar refractivity (Wildman–Crippen MR) is 141 cm³/mol. The number of hydrogen-bond donors (Lipinski definition) is 1. The summed E-state index contributed by atoms with van der Waals surface area (Å²) in [5.74, 6) is -0.201. The zero-order chi connectivity index (χ0) is 25.3. The minimum absolute atomic E-state index is 0.0738. The highest BCUT2D eigenvalue weighted by Gasteiger charge is 2.22. The van der Waals surface area contributed by atoms with E-state index in [1.807, 2.05) is 91.9 Å². The summed E-state index contributed by atoms with van der Waals surface area (Å²) in [5, 5.41) is 3.97. The summed E-state index contributed by atoms with van der Waals surface area (Å²) in [7, 11) is 0. The molecular weight excluding hydrogens is 452 g/mol. The SMILES string of the molecule is CCOC(=O)COc1c(-c2ccccc2)nc2ccccc2c1CC(=O)N[C@@H](CC)c1ccccc1. The van der Waals surface area contributed by atoms with Gasteiger partial charge in [0.15, 0.2) is 12.4 Å². The normalized spacial score (nSPS) is 11.6. The van der Waals surface area contributed by atoms with E-state index in [-0.39, 0.29) is 31.6 Å². The van der Waals surface area contributed by atoms with Crippen LogP contribution in [0.4, 0.5) is 0 Å². The molecule has 1 N–H and O–H groups in total. The van der Waals surface area contributed by atoms with Gasteiger partial charge in [-0.3, -0.25) is 4.79 Å². The number of pyridine rings is 1. The smallest absolute Gasteiger partial charge is 0.344 e. The molecule has 0 aliphatic rings. The summed E-state index contributed by atoms with van der Waals surface area (Å²) in [6.45, 7) is 3.78. The van der Waals surface area contributed by atoms with Gasteiger partial charge in [-0.05, 0) is 25.0 Å². The van der Waals surface area contributed by atoms with Crippen LogP contribution in [-0.2, 0) is 20.7 Å². The minimum Gasteiger partial charge on any atom is -0.479 e. The molecule has 0 aliphatic heterocycles. The number of nitrogens with one attached hydrogen (secondary N) is 1. The fourth-order valence-electron chi connectivity index (χ4n) is 4.23. The van der Waals surface area contributed by atoms with Crippen LogP contribution in [0.5, 0.6) is 5.75 Å². The number of rotatable bonds is 10. The van der Waals surface area contributed by atoms with Crippen LogP contribution in [0.25, 0.3) is 22.2 Å². The molecule has 6 nitrogen and oxygen atoms in total. The third kappa shape index (κ3) is 5.89. The first kappa shape index (κ1) is 24.9. The van der Waals surface area contributed by atoms with Crippen molar-refractivity contribution in [3.8, 4) is 17.0 Å². The van der Waals surface area contributed by atoms with Crippen molar-refractivity contribution in [2.75, 3.05) is 13.2 Å². The summed E-state index contributed by atoms with van der Waals surface area (Å²) in [4.78, 5) is 30.4. The number of para-hydroxylation sites is 1. The Morgan fingerprint density at radius 1 is 0.889 bits per heavy atom. The maximum atomic E-state index is 13.4. The van der Waals surface area contributed by atoms with E-state index >= 15 is 0 Å². The Hall–Kier alpha value is -4.19. The van der Waals surface area contributed by atoms with Crippen LogP contribution in [0.15, 0.2) is 84.9 Å². The van der Waals surface area contributed by atoms with Crippen molar-refractivity contribution in [1.82, 2.24) is 10.3 Å². The first-order chi connectivity index (χ1) is 17.6. The van der Waals surface area contributed by atoms with Gasteiger partial charge in [0, 0.05) is 16.5 Å². The summed E-state index contributed by atoms with van der Waals surface area (Å²) in [6, 6.07) is 27.1. The van der Waals surface area contributed by atoms with E-state index < -0.39 is 5.97 Å². The molecule has 36 heavy (non-hydrogen) atoms. The quantitative estimate of drug-likeness (QED) is 0.295. The second-order valence-electron chi connectivity index (χ2n) is 8.36. The van der Waals surface area contributed by atoms with Gasteiger partial charge >= 0.3 is 5.97 Å². The van der Waals surface area contributed by atoms with Gasteiger partial charge in [0.05, 0.1) is 24.6 Å². The number of nitrogens with zero attached hydrogens (tertiary/aromatic N) is 1. The summed E-state index contributed by atoms with van der Waals surface area (Å²) in [5.41, 5.74) is 3.90. The number of carbonyl (C=O) groups is 2. The van der Waals surface area contributed by atoms with E-state index in [9.17, 15) is 9.59 Å². The van der Waals surface area contributed by atoms with Gasteiger partial charge in [0.25, 0.3) is 0 Å². The van der Waals surface area contributed by atoms with Gasteiger partial charge in [-0.25, -0.2) is 9.78 Å². The number of amides is 1. The number of carbonyl (C=O) groups excluding carboxylic acids is 2. The standard InChI is InChI=1S/C30H30N2O4/c1-3-25(21-13-7-5-8-14-21)31-27(33)19-24-23-17-11-12-18-26(23)32-29(22-15-9-6-10-16-22)30(24)36-20-28(34)35-4-2/h5-18,25H,3-4,19-20H2,1-2H3,(H,31,33)/t25-/m0/s1. The van der Waals surface area contributed by atoms with E-state index in [4.69, 9.17) is 14.5 Å². The van der Waals surface area contributed by atoms with Gasteiger partial charge in [-0.1, -0.05) is 85.8 Å². The second kappa shape index (κ2) is 12.0. The third-order valence-corrected chi connectivity index (χ3v) is 5.92. The fraction of sp³-hybridized carbons (Fsp3) is 0.233. The molecule has 184 valence electrons. The lowest BCUT2D eigenvalue weighted by molar-refractivity contribution is -0.145. The van der Waals surface area contributed by atoms with Crippen LogP contribution >= 0.6 is 0 Å². The largest absolute Gasteiger partial charge is 0.479 e. The Labute approximate surface area is 211 Å². The molecule has 1 atom stereocenters. The Kier molecular flexibility index (Phi) is 8.29. The molecule has 4 aromatic rings. The predicted octanol–water partition coefficient (Wildman–Crippen LogP) is 5.65. The number of fused-ring (bicyclic) bond motifs is 1. The van der Waals surface area contributed by atoms with Crippen LogP contribution in [0.3, 0.4) is 0 Å². The van der Waals surface area contributed by atoms with Crippen molar-refractivity contribution >= 4 is 22.8 Å². The Morgan fingerprint density at radius 2 is 1.56 bits per heavy atom. The van der Waals surface area contributed by atoms with E-state index in [0.29, 0.717) is 17.0 Å². The van der Waals surface area contributed by atoms with Gasteiger partial charge in [-0.15, -0.1) is 0 Å². The molecule has 0 fully saturated rings. The molecule has 6 heteroatoms. The maximum Gasteiger partial charge on any atom is 0.344 e. The number of hydrogen-bond acceptors (Lipinski definition) is 5. The van der Waals surface area contributed by atoms with E-state index in [1.54, 1.807) is 6.92 Å². The Morgan fingerprint density at radius 3 is 2.25 bits per heavy atom. The molecule has 0 spiro atoms. The third-order valence-electron chi connectivity index (χ3n) is 5.92. The first-order valence-electron chi connectivity index (χ1n) is 12.2. The van der Waals surface area contributed by atoms with Crippen LogP contribution in [-0.4, -0.2) is 30.1 Å². The molecule has 0 saturated heterocycles. The number of aromatic nitrogens is 1. The zero-order valence-electron chi connectivity index (χ0n) is 20.6. The van der Waals surface area contributed by atoms with Crippen molar-refractivity contribution in [3.05, 3.63) is 96.1 Å². The topological polar surface area (TPSA) is 77.5 Å². The van der Waals surface area contributed by atoms with Crippen molar-refractivity contribution in [2.45, 2.75) is 32.7 Å². The molecule has 0 bridgehead atoms. The molecule has 1 aromatic heterocycles. The lowest BCUT2D eigenvalue weighted by Gasteiger charge is -2.20. The highest BCUT2D eigenvalue weighted by Crippen LogP contribution is 2.37. The van der Waals surface area contributed by atoms with Gasteiger partial charge in [0.2, 0.25) is 5.91 Å². The molecular formula is C30H30N2O4. The molecule has 1 amide bonds. The zero-order valence-corrected chi connectivity index (χ0v) is 20.6. The van der Waals surface area contributed by atoms with Crippen molar-refractivity contribution in [2.24, 2.45) is 0 Å². The van der Waals surface area contributed by atoms with Crippen molar-refractivity contribution in [1.29, 1.82) is 0 Å². The molecule has 4 rings (SSSR count). The monoisotopic (exact) mass is 482 g/mol. The van der Waals surface area contributed by atoms with Crippen molar-refractivity contribution < 1.29 is 19.1 Å². The average molecular weight is 483 g/mol. The fourth-order valence-corrected chi connectivity index (χ4v) is 4.23. The molecule has 0 saturated carbocycles. The molecule has 0 radical (unpaired) electrons. The highest BCUT2D eigenvalue weighted by molar-refractivity contribution is 5.93. The van der Waals surface area contributed by atoms with Crippen LogP contribution in [0, 0.1) is 0 Å². The molecule has 1 heterocycles. The summed E-state index contributed by atoms with van der Waals surface area (Å²) in [6.07, 6.45) is 0.832. The van der Waals surface area contributed by atoms with Gasteiger partial charge in [0.1, 0.15) is 5.69 Å². The number of ether oxygens (including phenoxy) is 2. The van der Waals surface area contributed by atoms with E-state index in [0.717, 1.165) is 28.5 Å². The molecule has 3 aromatic carbocycles. The summed E-state index contributed by atoms with van der Waals surface area (Å²) >= 11 is 0. The summed E-state index contributed by atoms with van der Waals surface area (Å²) < 4.78 is 11.1. The Bertz CT molecular complexity index is 1320. The van der Waals surface area contributed by atoms with Crippen LogP contribution in [0.2, 0.25) is 0 Å². The van der Waals surface area contributed by atoms with Crippen LogP contribution in [0.1, 0.15) is 37.4 Å².